The van der Waals surface area contributed by atoms with Crippen molar-refractivity contribution >= 4 is 17.6 Å². The number of carbonyl (C=O) groups excluding carboxylic acids is 2. The summed E-state index contributed by atoms with van der Waals surface area (Å²) >= 11 is 0. The van der Waals surface area contributed by atoms with Crippen molar-refractivity contribution in [2.24, 2.45) is 5.92 Å². The molecule has 8 heteroatoms. The SMILES string of the molecule is CC[C@@H](C)N(CC(=O)N1CCN(c2ccc(-c3cccc(OC)c3)nn2)CC1)C(=O)C1CC1. The standard InChI is InChI=1S/C25H33N5O3/c1-4-18(2)30(25(32)19-8-9-19)17-24(31)29-14-12-28(13-15-29)23-11-10-22(26-27-23)20-6-5-7-21(16-20)33-3/h5-7,10-11,16,18-19H,4,8-9,12-15,17H2,1-3H3/t18-/m1/s1. The summed E-state index contributed by atoms with van der Waals surface area (Å²) in [7, 11) is 1.64. The van der Waals surface area contributed by atoms with Crippen molar-refractivity contribution in [1.82, 2.24) is 20.0 Å². The van der Waals surface area contributed by atoms with Crippen molar-refractivity contribution in [1.29, 1.82) is 0 Å². The average Bonchev–Trinajstić information content (AvgIpc) is 3.72. The molecule has 2 fully saturated rings. The number of aromatic nitrogens is 2. The summed E-state index contributed by atoms with van der Waals surface area (Å²) < 4.78 is 5.29. The Morgan fingerprint density at radius 3 is 2.48 bits per heavy atom. The van der Waals surface area contributed by atoms with Gasteiger partial charge >= 0.3 is 0 Å². The van der Waals surface area contributed by atoms with Crippen molar-refractivity contribution < 1.29 is 14.3 Å². The van der Waals surface area contributed by atoms with Crippen LogP contribution in [0, 0.1) is 5.92 Å². The van der Waals surface area contributed by atoms with Crippen LogP contribution in [0.25, 0.3) is 11.3 Å². The Balaban J connectivity index is 1.33. The fourth-order valence-electron chi connectivity index (χ4n) is 4.10. The maximum atomic E-state index is 12.9. The number of methoxy groups -OCH3 is 1. The van der Waals surface area contributed by atoms with Gasteiger partial charge in [0.25, 0.3) is 0 Å². The number of nitrogens with zero attached hydrogens (tertiary/aromatic N) is 5. The minimum atomic E-state index is 0.0309. The highest BCUT2D eigenvalue weighted by molar-refractivity contribution is 5.87. The molecule has 8 nitrogen and oxygen atoms in total. The molecule has 0 N–H and O–H groups in total. The topological polar surface area (TPSA) is 78.9 Å². The first-order chi connectivity index (χ1) is 16.0. The minimum Gasteiger partial charge on any atom is -0.497 e. The van der Waals surface area contributed by atoms with Gasteiger partial charge < -0.3 is 19.4 Å². The van der Waals surface area contributed by atoms with Crippen LogP contribution in [0.15, 0.2) is 36.4 Å². The lowest BCUT2D eigenvalue weighted by atomic mass is 10.1. The lowest BCUT2D eigenvalue weighted by Gasteiger charge is -2.37. The quantitative estimate of drug-likeness (QED) is 0.614. The fourth-order valence-corrected chi connectivity index (χ4v) is 4.10. The first kappa shape index (κ1) is 23.0. The number of piperazine rings is 1. The highest BCUT2D eigenvalue weighted by Crippen LogP contribution is 2.32. The maximum Gasteiger partial charge on any atom is 0.242 e. The molecule has 2 amide bonds. The molecule has 176 valence electrons. The van der Waals surface area contributed by atoms with Gasteiger partial charge in [-0.25, -0.2) is 0 Å². The van der Waals surface area contributed by atoms with Crippen LogP contribution in [-0.4, -0.2) is 77.7 Å². The van der Waals surface area contributed by atoms with Crippen LogP contribution < -0.4 is 9.64 Å². The molecule has 1 saturated carbocycles. The van der Waals surface area contributed by atoms with Crippen molar-refractivity contribution in [2.75, 3.05) is 44.7 Å². The van der Waals surface area contributed by atoms with E-state index in [1.807, 2.05) is 48.2 Å². The van der Waals surface area contributed by atoms with E-state index in [0.29, 0.717) is 26.2 Å². The minimum absolute atomic E-state index is 0.0309. The van der Waals surface area contributed by atoms with Gasteiger partial charge in [0.05, 0.1) is 19.3 Å². The Morgan fingerprint density at radius 2 is 1.88 bits per heavy atom. The smallest absolute Gasteiger partial charge is 0.242 e. The van der Waals surface area contributed by atoms with E-state index in [2.05, 4.69) is 22.0 Å². The van der Waals surface area contributed by atoms with Gasteiger partial charge in [-0.2, -0.15) is 0 Å². The maximum absolute atomic E-state index is 12.9. The Kier molecular flexibility index (Phi) is 7.11. The van der Waals surface area contributed by atoms with Crippen LogP contribution in [0.2, 0.25) is 0 Å². The van der Waals surface area contributed by atoms with Gasteiger partial charge in [0.15, 0.2) is 5.82 Å². The van der Waals surface area contributed by atoms with Gasteiger partial charge in [-0.15, -0.1) is 10.2 Å². The number of hydrogen-bond acceptors (Lipinski definition) is 6. The van der Waals surface area contributed by atoms with E-state index in [1.165, 1.54) is 0 Å². The third-order valence-electron chi connectivity index (χ3n) is 6.61. The van der Waals surface area contributed by atoms with Crippen molar-refractivity contribution in [3.8, 4) is 17.0 Å². The Morgan fingerprint density at radius 1 is 1.12 bits per heavy atom. The summed E-state index contributed by atoms with van der Waals surface area (Å²) in [6.07, 6.45) is 2.76. The first-order valence-corrected chi connectivity index (χ1v) is 11.8. The number of carbonyl (C=O) groups is 2. The van der Waals surface area contributed by atoms with E-state index < -0.39 is 0 Å². The van der Waals surface area contributed by atoms with Gasteiger partial charge in [-0.3, -0.25) is 9.59 Å². The van der Waals surface area contributed by atoms with Gasteiger partial charge in [0.2, 0.25) is 11.8 Å². The van der Waals surface area contributed by atoms with Crippen LogP contribution in [0.1, 0.15) is 33.1 Å². The van der Waals surface area contributed by atoms with Crippen molar-refractivity contribution in [3.05, 3.63) is 36.4 Å². The second-order valence-electron chi connectivity index (χ2n) is 8.87. The molecule has 0 radical (unpaired) electrons. The molecule has 1 aromatic carbocycles. The highest BCUT2D eigenvalue weighted by Gasteiger charge is 2.36. The van der Waals surface area contributed by atoms with Gasteiger partial charge in [-0.1, -0.05) is 19.1 Å². The molecule has 1 aliphatic heterocycles. The zero-order valence-electron chi connectivity index (χ0n) is 19.7. The Bertz CT molecular complexity index is 968. The summed E-state index contributed by atoms with van der Waals surface area (Å²) in [5.74, 6) is 1.89. The number of ether oxygens (including phenoxy) is 1. The summed E-state index contributed by atoms with van der Waals surface area (Å²) in [4.78, 5) is 31.4. The molecule has 2 heterocycles. The Hall–Kier alpha value is -3.16. The van der Waals surface area contributed by atoms with E-state index in [4.69, 9.17) is 4.74 Å². The lowest BCUT2D eigenvalue weighted by Crippen LogP contribution is -2.53. The largest absolute Gasteiger partial charge is 0.497 e. The second kappa shape index (κ2) is 10.2. The van der Waals surface area contributed by atoms with Gasteiger partial charge in [0, 0.05) is 43.7 Å². The monoisotopic (exact) mass is 451 g/mol. The zero-order valence-corrected chi connectivity index (χ0v) is 19.7. The summed E-state index contributed by atoms with van der Waals surface area (Å²) in [6.45, 7) is 6.88. The van der Waals surface area contributed by atoms with E-state index >= 15 is 0 Å². The third-order valence-corrected chi connectivity index (χ3v) is 6.61. The van der Waals surface area contributed by atoms with E-state index in [1.54, 1.807) is 12.0 Å². The first-order valence-electron chi connectivity index (χ1n) is 11.8. The predicted molar refractivity (Wildman–Crippen MR) is 127 cm³/mol. The number of amides is 2. The van der Waals surface area contributed by atoms with Crippen LogP contribution in [0.4, 0.5) is 5.82 Å². The van der Waals surface area contributed by atoms with Gasteiger partial charge in [-0.05, 0) is 50.5 Å². The molecule has 1 aromatic heterocycles. The summed E-state index contributed by atoms with van der Waals surface area (Å²) in [5.41, 5.74) is 1.74. The van der Waals surface area contributed by atoms with Gasteiger partial charge in [0.1, 0.15) is 5.75 Å². The fraction of sp³-hybridized carbons (Fsp3) is 0.520. The van der Waals surface area contributed by atoms with E-state index in [0.717, 1.165) is 42.1 Å². The molecular formula is C25H33N5O3. The molecule has 0 bridgehead atoms. The third kappa shape index (κ3) is 5.43. The predicted octanol–water partition coefficient (Wildman–Crippen LogP) is 2.84. The van der Waals surface area contributed by atoms with Crippen LogP contribution in [-0.2, 0) is 9.59 Å². The molecule has 2 aliphatic rings. The molecular weight excluding hydrogens is 418 g/mol. The van der Waals surface area contributed by atoms with Crippen molar-refractivity contribution in [2.45, 2.75) is 39.2 Å². The average molecular weight is 452 g/mol. The Labute approximate surface area is 195 Å². The number of hydrogen-bond donors (Lipinski definition) is 0. The highest BCUT2D eigenvalue weighted by atomic mass is 16.5. The number of benzene rings is 1. The van der Waals surface area contributed by atoms with Crippen LogP contribution in [0.5, 0.6) is 5.75 Å². The van der Waals surface area contributed by atoms with Crippen molar-refractivity contribution in [3.63, 3.8) is 0 Å². The summed E-state index contributed by atoms with van der Waals surface area (Å²) in [5, 5.41) is 8.81. The lowest BCUT2D eigenvalue weighted by molar-refractivity contribution is -0.143. The van der Waals surface area contributed by atoms with Crippen LogP contribution in [0.3, 0.4) is 0 Å². The molecule has 2 aromatic rings. The molecule has 4 rings (SSSR count). The molecule has 33 heavy (non-hydrogen) atoms. The second-order valence-corrected chi connectivity index (χ2v) is 8.87. The molecule has 1 saturated heterocycles. The molecule has 1 aliphatic carbocycles. The molecule has 1 atom stereocenters. The molecule has 0 unspecified atom stereocenters. The van der Waals surface area contributed by atoms with E-state index in [9.17, 15) is 9.59 Å². The van der Waals surface area contributed by atoms with E-state index in [-0.39, 0.29) is 30.3 Å². The number of rotatable bonds is 8. The van der Waals surface area contributed by atoms with Crippen LogP contribution >= 0.6 is 0 Å². The zero-order chi connectivity index (χ0) is 23.4. The molecule has 0 spiro atoms. The summed E-state index contributed by atoms with van der Waals surface area (Å²) in [6, 6.07) is 11.8. The number of anilines is 1. The normalized spacial score (nSPS) is 16.9.